The third-order valence-corrected chi connectivity index (χ3v) is 6.62. The number of carbonyl (C=O) groups excluding carboxylic acids is 1. The molecule has 0 bridgehead atoms. The minimum atomic E-state index is 0.223. The second kappa shape index (κ2) is 8.31. The molecule has 3 aromatic rings. The van der Waals surface area contributed by atoms with Crippen molar-refractivity contribution in [3.63, 3.8) is 0 Å². The average Bonchev–Trinajstić information content (AvgIpc) is 3.17. The lowest BCUT2D eigenvalue weighted by Gasteiger charge is -2.34. The highest BCUT2D eigenvalue weighted by molar-refractivity contribution is 7.22. The molecule has 1 aromatic heterocycles. The van der Waals surface area contributed by atoms with Crippen molar-refractivity contribution in [2.75, 3.05) is 31.1 Å². The van der Waals surface area contributed by atoms with E-state index in [1.165, 1.54) is 15.8 Å². The minimum Gasteiger partial charge on any atom is -0.345 e. The molecule has 146 valence electrons. The van der Waals surface area contributed by atoms with E-state index in [9.17, 15) is 4.79 Å². The Kier molecular flexibility index (Phi) is 5.62. The van der Waals surface area contributed by atoms with Crippen molar-refractivity contribution >= 4 is 32.6 Å². The number of rotatable bonds is 5. The number of aromatic nitrogens is 1. The van der Waals surface area contributed by atoms with E-state index in [0.717, 1.165) is 55.2 Å². The second-order valence-corrected chi connectivity index (χ2v) is 8.38. The largest absolute Gasteiger partial charge is 0.345 e. The van der Waals surface area contributed by atoms with Crippen LogP contribution in [-0.4, -0.2) is 42.0 Å². The Labute approximate surface area is 170 Å². The molecule has 0 unspecified atom stereocenters. The Hall–Kier alpha value is -2.40. The predicted octanol–water partition coefficient (Wildman–Crippen LogP) is 4.31. The number of nitrogens with zero attached hydrogens (tertiary/aromatic N) is 3. The number of carbonyl (C=O) groups is 1. The van der Waals surface area contributed by atoms with Crippen molar-refractivity contribution in [2.45, 2.75) is 33.1 Å². The van der Waals surface area contributed by atoms with E-state index in [-0.39, 0.29) is 5.91 Å². The highest BCUT2D eigenvalue weighted by Gasteiger charge is 2.23. The summed E-state index contributed by atoms with van der Waals surface area (Å²) in [4.78, 5) is 21.8. The molecule has 1 saturated heterocycles. The van der Waals surface area contributed by atoms with Gasteiger partial charge in [0.1, 0.15) is 0 Å². The topological polar surface area (TPSA) is 36.4 Å². The van der Waals surface area contributed by atoms with Gasteiger partial charge in [-0.1, -0.05) is 55.5 Å². The van der Waals surface area contributed by atoms with E-state index in [4.69, 9.17) is 4.98 Å². The summed E-state index contributed by atoms with van der Waals surface area (Å²) in [5, 5.41) is 1.07. The molecule has 5 heteroatoms. The maximum atomic E-state index is 12.7. The SMILES string of the molecule is CCc1ccc(CC(=O)N2CCN(c3nc4ccc(CC)cc4s3)CC2)cc1. The van der Waals surface area contributed by atoms with Crippen LogP contribution in [0.4, 0.5) is 5.13 Å². The molecule has 1 amide bonds. The number of piperazine rings is 1. The van der Waals surface area contributed by atoms with Gasteiger partial charge in [-0.05, 0) is 41.7 Å². The second-order valence-electron chi connectivity index (χ2n) is 7.37. The van der Waals surface area contributed by atoms with Crippen molar-refractivity contribution in [1.29, 1.82) is 0 Å². The predicted molar refractivity (Wildman–Crippen MR) is 117 cm³/mol. The molecule has 0 atom stereocenters. The summed E-state index contributed by atoms with van der Waals surface area (Å²) >= 11 is 1.76. The highest BCUT2D eigenvalue weighted by atomic mass is 32.1. The van der Waals surface area contributed by atoms with Gasteiger partial charge in [0.25, 0.3) is 0 Å². The Bertz CT molecular complexity index is 956. The molecule has 4 nitrogen and oxygen atoms in total. The van der Waals surface area contributed by atoms with Crippen molar-refractivity contribution in [3.8, 4) is 0 Å². The van der Waals surface area contributed by atoms with Gasteiger partial charge in [0.15, 0.2) is 5.13 Å². The van der Waals surface area contributed by atoms with Crippen LogP contribution in [0.3, 0.4) is 0 Å². The molecule has 0 aliphatic carbocycles. The zero-order chi connectivity index (χ0) is 19.5. The maximum Gasteiger partial charge on any atom is 0.227 e. The Morgan fingerprint density at radius 2 is 1.57 bits per heavy atom. The third kappa shape index (κ3) is 4.04. The van der Waals surface area contributed by atoms with Crippen LogP contribution < -0.4 is 4.90 Å². The van der Waals surface area contributed by atoms with E-state index in [1.807, 2.05) is 4.90 Å². The van der Waals surface area contributed by atoms with Crippen LogP contribution in [0.15, 0.2) is 42.5 Å². The zero-order valence-electron chi connectivity index (χ0n) is 16.6. The lowest BCUT2D eigenvalue weighted by Crippen LogP contribution is -2.49. The van der Waals surface area contributed by atoms with Gasteiger partial charge in [-0.3, -0.25) is 4.79 Å². The fourth-order valence-corrected chi connectivity index (χ4v) is 4.72. The summed E-state index contributed by atoms with van der Waals surface area (Å²) in [5.41, 5.74) is 4.84. The number of hydrogen-bond donors (Lipinski definition) is 0. The molecule has 2 aromatic carbocycles. The number of amides is 1. The van der Waals surface area contributed by atoms with Gasteiger partial charge in [-0.25, -0.2) is 4.98 Å². The first-order valence-corrected chi connectivity index (χ1v) is 11.0. The summed E-state index contributed by atoms with van der Waals surface area (Å²) in [6.07, 6.45) is 2.57. The van der Waals surface area contributed by atoms with E-state index in [2.05, 4.69) is 61.2 Å². The fraction of sp³-hybridized carbons (Fsp3) is 0.391. The quantitative estimate of drug-likeness (QED) is 0.648. The van der Waals surface area contributed by atoms with Crippen LogP contribution >= 0.6 is 11.3 Å². The van der Waals surface area contributed by atoms with Gasteiger partial charge < -0.3 is 9.80 Å². The van der Waals surface area contributed by atoms with Gasteiger partial charge in [-0.2, -0.15) is 0 Å². The minimum absolute atomic E-state index is 0.223. The molecular weight excluding hydrogens is 366 g/mol. The fourth-order valence-electron chi connectivity index (χ4n) is 3.64. The lowest BCUT2D eigenvalue weighted by molar-refractivity contribution is -0.130. The van der Waals surface area contributed by atoms with Gasteiger partial charge >= 0.3 is 0 Å². The van der Waals surface area contributed by atoms with Crippen molar-refractivity contribution < 1.29 is 4.79 Å². The number of anilines is 1. The molecule has 1 aliphatic heterocycles. The Morgan fingerprint density at radius 3 is 2.25 bits per heavy atom. The average molecular weight is 394 g/mol. The van der Waals surface area contributed by atoms with Crippen LogP contribution in [0, 0.1) is 0 Å². The van der Waals surface area contributed by atoms with Gasteiger partial charge in [-0.15, -0.1) is 0 Å². The molecule has 4 rings (SSSR count). The summed E-state index contributed by atoms with van der Waals surface area (Å²) in [7, 11) is 0. The first-order chi connectivity index (χ1) is 13.7. The number of hydrogen-bond acceptors (Lipinski definition) is 4. The maximum absolute atomic E-state index is 12.7. The van der Waals surface area contributed by atoms with Crippen molar-refractivity contribution in [1.82, 2.24) is 9.88 Å². The number of benzene rings is 2. The number of fused-ring (bicyclic) bond motifs is 1. The van der Waals surface area contributed by atoms with Crippen LogP contribution in [0.25, 0.3) is 10.2 Å². The smallest absolute Gasteiger partial charge is 0.227 e. The third-order valence-electron chi connectivity index (χ3n) is 5.54. The first kappa shape index (κ1) is 18.9. The van der Waals surface area contributed by atoms with Crippen molar-refractivity contribution in [3.05, 3.63) is 59.2 Å². The molecular formula is C23H27N3OS. The first-order valence-electron chi connectivity index (χ1n) is 10.2. The Balaban J connectivity index is 1.36. The molecule has 28 heavy (non-hydrogen) atoms. The molecule has 2 heterocycles. The van der Waals surface area contributed by atoms with Crippen LogP contribution in [0.1, 0.15) is 30.5 Å². The summed E-state index contributed by atoms with van der Waals surface area (Å²) in [5.74, 6) is 0.223. The number of aryl methyl sites for hydroxylation is 2. The van der Waals surface area contributed by atoms with E-state index < -0.39 is 0 Å². The molecule has 1 aliphatic rings. The van der Waals surface area contributed by atoms with Gasteiger partial charge in [0.2, 0.25) is 5.91 Å². The number of thiazole rings is 1. The monoisotopic (exact) mass is 393 g/mol. The molecule has 0 spiro atoms. The van der Waals surface area contributed by atoms with Crippen LogP contribution in [0.5, 0.6) is 0 Å². The van der Waals surface area contributed by atoms with E-state index in [0.29, 0.717) is 6.42 Å². The molecule has 0 saturated carbocycles. The molecule has 1 fully saturated rings. The zero-order valence-corrected chi connectivity index (χ0v) is 17.5. The van der Waals surface area contributed by atoms with E-state index in [1.54, 1.807) is 11.3 Å². The summed E-state index contributed by atoms with van der Waals surface area (Å²) in [6.45, 7) is 7.55. The van der Waals surface area contributed by atoms with Gasteiger partial charge in [0.05, 0.1) is 16.6 Å². The summed E-state index contributed by atoms with van der Waals surface area (Å²) < 4.78 is 1.25. The van der Waals surface area contributed by atoms with E-state index >= 15 is 0 Å². The van der Waals surface area contributed by atoms with Gasteiger partial charge in [0, 0.05) is 26.2 Å². The summed E-state index contributed by atoms with van der Waals surface area (Å²) in [6, 6.07) is 14.9. The van der Waals surface area contributed by atoms with Crippen LogP contribution in [0.2, 0.25) is 0 Å². The standard InChI is InChI=1S/C23H27N3OS/c1-3-17-5-7-19(8-6-17)16-22(27)25-11-13-26(14-12-25)23-24-20-10-9-18(4-2)15-21(20)28-23/h5-10,15H,3-4,11-14,16H2,1-2H3. The lowest BCUT2D eigenvalue weighted by atomic mass is 10.1. The van der Waals surface area contributed by atoms with Crippen LogP contribution in [-0.2, 0) is 24.1 Å². The molecule has 0 N–H and O–H groups in total. The Morgan fingerprint density at radius 1 is 0.929 bits per heavy atom. The van der Waals surface area contributed by atoms with Crippen molar-refractivity contribution in [2.24, 2.45) is 0 Å². The molecule has 0 radical (unpaired) electrons. The highest BCUT2D eigenvalue weighted by Crippen LogP contribution is 2.30. The normalized spacial score (nSPS) is 14.6.